The molecule has 4 aromatic rings. The number of nitrogens with two attached hydrogens (primary N) is 1. The van der Waals surface area contributed by atoms with E-state index in [-0.39, 0.29) is 23.1 Å². The summed E-state index contributed by atoms with van der Waals surface area (Å²) in [4.78, 5) is 30.5. The first kappa shape index (κ1) is 24.6. The third kappa shape index (κ3) is 4.72. The highest BCUT2D eigenvalue weighted by Crippen LogP contribution is 2.42. The van der Waals surface area contributed by atoms with Crippen molar-refractivity contribution in [3.63, 3.8) is 0 Å². The fourth-order valence-electron chi connectivity index (χ4n) is 4.14. The number of hydrogen-bond acceptors (Lipinski definition) is 7. The number of thiazole rings is 1. The van der Waals surface area contributed by atoms with Crippen molar-refractivity contribution in [2.45, 2.75) is 26.2 Å². The minimum Gasteiger partial charge on any atom is -0.497 e. The molecule has 2 amide bonds. The van der Waals surface area contributed by atoms with E-state index in [1.807, 2.05) is 12.1 Å². The van der Waals surface area contributed by atoms with Gasteiger partial charge in [-0.25, -0.2) is 24.1 Å². The maximum atomic E-state index is 15.1. The molecule has 2 aromatic heterocycles. The van der Waals surface area contributed by atoms with Crippen molar-refractivity contribution in [3.8, 4) is 27.6 Å². The molecule has 0 saturated carbocycles. The van der Waals surface area contributed by atoms with Crippen LogP contribution >= 0.6 is 11.3 Å². The Bertz CT molecular complexity index is 1460. The van der Waals surface area contributed by atoms with Gasteiger partial charge < -0.3 is 10.5 Å². The molecule has 1 fully saturated rings. The summed E-state index contributed by atoms with van der Waals surface area (Å²) in [6.07, 6.45) is 1.59. The number of nitrogen functional groups attached to an aromatic ring is 1. The molecule has 0 radical (unpaired) electrons. The Morgan fingerprint density at radius 2 is 1.76 bits per heavy atom. The Balaban J connectivity index is 1.54. The van der Waals surface area contributed by atoms with E-state index in [1.54, 1.807) is 48.5 Å². The number of aromatic nitrogens is 3. The number of amides is 2. The zero-order valence-electron chi connectivity index (χ0n) is 21.0. The van der Waals surface area contributed by atoms with Gasteiger partial charge in [0.2, 0.25) is 5.95 Å². The molecule has 0 unspecified atom stereocenters. The van der Waals surface area contributed by atoms with Crippen LogP contribution in [-0.2, 0) is 5.41 Å². The van der Waals surface area contributed by atoms with Gasteiger partial charge in [0.25, 0.3) is 0 Å². The molecular formula is C27H27FN6O2S. The molecule has 0 aliphatic carbocycles. The molecule has 10 heteroatoms. The number of hydrogen-bond donors (Lipinski definition) is 1. The number of halogens is 1. The number of benzene rings is 2. The van der Waals surface area contributed by atoms with Crippen LogP contribution in [0.5, 0.6) is 5.75 Å². The molecule has 1 saturated heterocycles. The smallest absolute Gasteiger partial charge is 0.329 e. The van der Waals surface area contributed by atoms with Crippen LogP contribution in [0.25, 0.3) is 21.8 Å². The van der Waals surface area contributed by atoms with Crippen LogP contribution in [0.4, 0.5) is 26.5 Å². The molecule has 0 bridgehead atoms. The highest BCUT2D eigenvalue weighted by molar-refractivity contribution is 7.15. The molecule has 190 valence electrons. The molecule has 37 heavy (non-hydrogen) atoms. The molecule has 2 N–H and O–H groups in total. The summed E-state index contributed by atoms with van der Waals surface area (Å²) in [6, 6.07) is 13.5. The zero-order valence-corrected chi connectivity index (χ0v) is 21.8. The van der Waals surface area contributed by atoms with Crippen LogP contribution in [0.3, 0.4) is 0 Å². The van der Waals surface area contributed by atoms with Gasteiger partial charge in [-0.15, -0.1) is 11.3 Å². The van der Waals surface area contributed by atoms with Crippen LogP contribution in [0.15, 0.2) is 54.7 Å². The van der Waals surface area contributed by atoms with E-state index in [1.165, 1.54) is 22.3 Å². The SMILES string of the molecule is COc1ccc(N2CCN(c3cc(-c4sc(C(C)(C)C)nc4-c4ccnc(N)n4)ccc3F)C2=O)cc1. The second kappa shape index (κ2) is 9.44. The summed E-state index contributed by atoms with van der Waals surface area (Å²) in [5.41, 5.74) is 8.56. The van der Waals surface area contributed by atoms with Crippen LogP contribution in [0.2, 0.25) is 0 Å². The van der Waals surface area contributed by atoms with E-state index in [4.69, 9.17) is 15.5 Å². The van der Waals surface area contributed by atoms with Gasteiger partial charge in [0.15, 0.2) is 0 Å². The number of rotatable bonds is 5. The van der Waals surface area contributed by atoms with Crippen molar-refractivity contribution in [1.29, 1.82) is 0 Å². The minimum absolute atomic E-state index is 0.148. The van der Waals surface area contributed by atoms with Crippen LogP contribution < -0.4 is 20.3 Å². The van der Waals surface area contributed by atoms with E-state index in [9.17, 15) is 4.79 Å². The fraction of sp³-hybridized carbons (Fsp3) is 0.259. The molecule has 2 aromatic carbocycles. The summed E-state index contributed by atoms with van der Waals surface area (Å²) in [5.74, 6) is 0.378. The maximum Gasteiger partial charge on any atom is 0.329 e. The monoisotopic (exact) mass is 518 g/mol. The summed E-state index contributed by atoms with van der Waals surface area (Å²) in [6.45, 7) is 7.05. The van der Waals surface area contributed by atoms with Crippen LogP contribution in [0, 0.1) is 5.82 Å². The van der Waals surface area contributed by atoms with E-state index < -0.39 is 5.82 Å². The average Bonchev–Trinajstić information content (AvgIpc) is 3.49. The summed E-state index contributed by atoms with van der Waals surface area (Å²) < 4.78 is 20.3. The highest BCUT2D eigenvalue weighted by atomic mass is 32.1. The Hall–Kier alpha value is -4.05. The molecular weight excluding hydrogens is 491 g/mol. The molecule has 1 aliphatic rings. The van der Waals surface area contributed by atoms with Crippen molar-refractivity contribution < 1.29 is 13.9 Å². The fourth-order valence-corrected chi connectivity index (χ4v) is 5.27. The number of urea groups is 1. The molecule has 3 heterocycles. The Kier molecular flexibility index (Phi) is 6.28. The van der Waals surface area contributed by atoms with Gasteiger partial charge >= 0.3 is 6.03 Å². The Labute approximate surface area is 218 Å². The van der Waals surface area contributed by atoms with Gasteiger partial charge in [-0.2, -0.15) is 0 Å². The molecule has 5 rings (SSSR count). The standard InChI is InChI=1S/C27H27FN6O2S/c1-27(2,3)24-32-22(20-11-12-30-25(29)31-20)23(37-24)16-5-10-19(28)21(15-16)34-14-13-33(26(34)35)17-6-8-18(36-4)9-7-17/h5-12,15H,13-14H2,1-4H3,(H2,29,30,31). The van der Waals surface area contributed by atoms with Crippen molar-refractivity contribution in [2.75, 3.05) is 35.7 Å². The minimum atomic E-state index is -0.470. The Morgan fingerprint density at radius 3 is 2.43 bits per heavy atom. The van der Waals surface area contributed by atoms with Gasteiger partial charge in [-0.1, -0.05) is 26.8 Å². The van der Waals surface area contributed by atoms with Crippen LogP contribution in [0.1, 0.15) is 25.8 Å². The Morgan fingerprint density at radius 1 is 1.03 bits per heavy atom. The van der Waals surface area contributed by atoms with Crippen molar-refractivity contribution >= 4 is 34.7 Å². The number of ether oxygens (including phenoxy) is 1. The lowest BCUT2D eigenvalue weighted by Gasteiger charge is -2.20. The first-order valence-electron chi connectivity index (χ1n) is 11.8. The highest BCUT2D eigenvalue weighted by Gasteiger charge is 2.33. The number of nitrogens with zero attached hydrogens (tertiary/aromatic N) is 5. The zero-order chi connectivity index (χ0) is 26.3. The van der Waals surface area contributed by atoms with E-state index >= 15 is 4.39 Å². The van der Waals surface area contributed by atoms with Gasteiger partial charge in [0, 0.05) is 30.4 Å². The van der Waals surface area contributed by atoms with Crippen molar-refractivity contribution in [2.24, 2.45) is 0 Å². The van der Waals surface area contributed by atoms with E-state index in [0.29, 0.717) is 30.2 Å². The first-order chi connectivity index (χ1) is 17.7. The van der Waals surface area contributed by atoms with Crippen molar-refractivity contribution in [3.05, 3.63) is 65.6 Å². The largest absolute Gasteiger partial charge is 0.497 e. The molecule has 0 atom stereocenters. The van der Waals surface area contributed by atoms with Gasteiger partial charge in [0.1, 0.15) is 17.3 Å². The third-order valence-electron chi connectivity index (χ3n) is 6.08. The summed E-state index contributed by atoms with van der Waals surface area (Å²) >= 11 is 1.52. The van der Waals surface area contributed by atoms with Crippen molar-refractivity contribution in [1.82, 2.24) is 15.0 Å². The summed E-state index contributed by atoms with van der Waals surface area (Å²) in [5, 5.41) is 0.906. The first-order valence-corrected chi connectivity index (χ1v) is 12.6. The molecule has 8 nitrogen and oxygen atoms in total. The van der Waals surface area contributed by atoms with Crippen LogP contribution in [-0.4, -0.2) is 41.2 Å². The van der Waals surface area contributed by atoms with E-state index in [0.717, 1.165) is 21.1 Å². The second-order valence-electron chi connectivity index (χ2n) is 9.70. The predicted molar refractivity (Wildman–Crippen MR) is 145 cm³/mol. The number of anilines is 3. The number of carbonyl (C=O) groups is 1. The lowest BCUT2D eigenvalue weighted by atomic mass is 9.98. The lowest BCUT2D eigenvalue weighted by Crippen LogP contribution is -2.32. The quantitative estimate of drug-likeness (QED) is 0.362. The maximum absolute atomic E-state index is 15.1. The van der Waals surface area contributed by atoms with Gasteiger partial charge in [0.05, 0.1) is 28.4 Å². The average molecular weight is 519 g/mol. The van der Waals surface area contributed by atoms with Gasteiger partial charge in [-0.3, -0.25) is 9.80 Å². The predicted octanol–water partition coefficient (Wildman–Crippen LogP) is 5.74. The number of carbonyl (C=O) groups excluding carboxylic acids is 1. The molecule has 0 spiro atoms. The lowest BCUT2D eigenvalue weighted by molar-refractivity contribution is 0.255. The number of methoxy groups -OCH3 is 1. The third-order valence-corrected chi connectivity index (χ3v) is 7.61. The second-order valence-corrected chi connectivity index (χ2v) is 10.7. The van der Waals surface area contributed by atoms with Gasteiger partial charge in [-0.05, 0) is 48.0 Å². The molecule has 1 aliphatic heterocycles. The van der Waals surface area contributed by atoms with E-state index in [2.05, 4.69) is 30.7 Å². The topological polar surface area (TPSA) is 97.5 Å². The summed E-state index contributed by atoms with van der Waals surface area (Å²) in [7, 11) is 1.59. The normalized spacial score (nSPS) is 13.9.